The number of aromatic nitrogens is 2. The second kappa shape index (κ2) is 8.05. The Hall–Kier alpha value is -3.47. The summed E-state index contributed by atoms with van der Waals surface area (Å²) in [5, 5.41) is 2.91. The Labute approximate surface area is 163 Å². The lowest BCUT2D eigenvalue weighted by Gasteiger charge is -2.09. The molecular formula is C23H21N3O2. The van der Waals surface area contributed by atoms with Gasteiger partial charge in [-0.05, 0) is 61.0 Å². The minimum absolute atomic E-state index is 0.184. The van der Waals surface area contributed by atoms with E-state index in [0.717, 1.165) is 40.8 Å². The van der Waals surface area contributed by atoms with E-state index >= 15 is 0 Å². The number of para-hydroxylation sites is 2. The number of carbonyl (C=O) groups excluding carboxylic acids is 1. The number of nitrogens with zero attached hydrogens (tertiary/aromatic N) is 2. The lowest BCUT2D eigenvalue weighted by Crippen LogP contribution is -2.12. The second-order valence-electron chi connectivity index (χ2n) is 6.60. The topological polar surface area (TPSA) is 64.1 Å². The molecule has 0 spiro atoms. The fourth-order valence-corrected chi connectivity index (χ4v) is 2.93. The van der Waals surface area contributed by atoms with Crippen LogP contribution in [0.1, 0.15) is 30.1 Å². The molecule has 0 atom stereocenters. The summed E-state index contributed by atoms with van der Waals surface area (Å²) in [4.78, 5) is 21.8. The van der Waals surface area contributed by atoms with E-state index in [-0.39, 0.29) is 5.91 Å². The average Bonchev–Trinajstić information content (AvgIpc) is 2.73. The Bertz CT molecular complexity index is 1120. The summed E-state index contributed by atoms with van der Waals surface area (Å²) in [5.41, 5.74) is 4.38. The minimum atomic E-state index is -0.184. The van der Waals surface area contributed by atoms with Crippen LogP contribution in [0.25, 0.3) is 22.1 Å². The van der Waals surface area contributed by atoms with Gasteiger partial charge < -0.3 is 10.1 Å². The third-order valence-corrected chi connectivity index (χ3v) is 4.48. The average molecular weight is 371 g/mol. The second-order valence-corrected chi connectivity index (χ2v) is 6.60. The van der Waals surface area contributed by atoms with Gasteiger partial charge >= 0.3 is 0 Å². The normalized spacial score (nSPS) is 10.9. The number of ether oxygens (including phenoxy) is 1. The molecule has 0 saturated heterocycles. The number of benzene rings is 3. The van der Waals surface area contributed by atoms with Crippen molar-refractivity contribution in [1.29, 1.82) is 0 Å². The maximum absolute atomic E-state index is 12.6. The van der Waals surface area contributed by atoms with Crippen LogP contribution in [-0.4, -0.2) is 22.5 Å². The SMILES string of the molecule is CCCCOc1ccc(NC(=O)c2ccc3nc4ccccc4nc3c2)cc1. The first-order chi connectivity index (χ1) is 13.7. The van der Waals surface area contributed by atoms with Gasteiger partial charge in [0.25, 0.3) is 5.91 Å². The summed E-state index contributed by atoms with van der Waals surface area (Å²) in [6.07, 6.45) is 2.12. The highest BCUT2D eigenvalue weighted by atomic mass is 16.5. The van der Waals surface area contributed by atoms with E-state index in [1.807, 2.05) is 54.6 Å². The highest BCUT2D eigenvalue weighted by Gasteiger charge is 2.09. The van der Waals surface area contributed by atoms with Crippen LogP contribution >= 0.6 is 0 Å². The van der Waals surface area contributed by atoms with Gasteiger partial charge in [0.1, 0.15) is 5.75 Å². The van der Waals surface area contributed by atoms with Gasteiger partial charge in [0.2, 0.25) is 0 Å². The van der Waals surface area contributed by atoms with E-state index in [2.05, 4.69) is 22.2 Å². The zero-order chi connectivity index (χ0) is 19.3. The van der Waals surface area contributed by atoms with Gasteiger partial charge in [-0.15, -0.1) is 0 Å². The molecule has 1 amide bonds. The molecule has 0 aliphatic carbocycles. The molecule has 28 heavy (non-hydrogen) atoms. The number of hydrogen-bond donors (Lipinski definition) is 1. The van der Waals surface area contributed by atoms with E-state index in [0.29, 0.717) is 17.7 Å². The first-order valence-corrected chi connectivity index (χ1v) is 9.44. The Balaban J connectivity index is 1.51. The maximum atomic E-state index is 12.6. The third kappa shape index (κ3) is 3.93. The van der Waals surface area contributed by atoms with Crippen molar-refractivity contribution >= 4 is 33.7 Å². The summed E-state index contributed by atoms with van der Waals surface area (Å²) in [6, 6.07) is 20.5. The summed E-state index contributed by atoms with van der Waals surface area (Å²) >= 11 is 0. The first kappa shape index (κ1) is 17.9. The fraction of sp³-hybridized carbons (Fsp3) is 0.174. The number of unbranched alkanes of at least 4 members (excludes halogenated alkanes) is 1. The molecule has 3 aromatic carbocycles. The molecule has 5 heteroatoms. The van der Waals surface area contributed by atoms with Gasteiger partial charge in [0.05, 0.1) is 28.7 Å². The number of fused-ring (bicyclic) bond motifs is 2. The highest BCUT2D eigenvalue weighted by Crippen LogP contribution is 2.20. The van der Waals surface area contributed by atoms with Gasteiger partial charge in [-0.3, -0.25) is 4.79 Å². The van der Waals surface area contributed by atoms with Crippen LogP contribution in [0.4, 0.5) is 5.69 Å². The zero-order valence-corrected chi connectivity index (χ0v) is 15.7. The van der Waals surface area contributed by atoms with Crippen molar-refractivity contribution in [1.82, 2.24) is 9.97 Å². The van der Waals surface area contributed by atoms with Crippen LogP contribution in [-0.2, 0) is 0 Å². The van der Waals surface area contributed by atoms with Crippen molar-refractivity contribution in [2.45, 2.75) is 19.8 Å². The number of hydrogen-bond acceptors (Lipinski definition) is 4. The Kier molecular flexibility index (Phi) is 5.15. The molecule has 140 valence electrons. The molecule has 0 bridgehead atoms. The van der Waals surface area contributed by atoms with Gasteiger partial charge in [0.15, 0.2) is 0 Å². The van der Waals surface area contributed by atoms with Crippen LogP contribution in [0.2, 0.25) is 0 Å². The molecule has 0 fully saturated rings. The smallest absolute Gasteiger partial charge is 0.255 e. The predicted molar refractivity (Wildman–Crippen MR) is 112 cm³/mol. The van der Waals surface area contributed by atoms with Crippen molar-refractivity contribution in [3.05, 3.63) is 72.3 Å². The summed E-state index contributed by atoms with van der Waals surface area (Å²) < 4.78 is 5.65. The molecule has 5 nitrogen and oxygen atoms in total. The van der Waals surface area contributed by atoms with Gasteiger partial charge in [0, 0.05) is 11.3 Å². The zero-order valence-electron chi connectivity index (χ0n) is 15.7. The molecule has 0 unspecified atom stereocenters. The van der Waals surface area contributed by atoms with E-state index in [1.54, 1.807) is 12.1 Å². The molecule has 0 aliphatic heterocycles. The number of carbonyl (C=O) groups is 1. The number of rotatable bonds is 6. The summed E-state index contributed by atoms with van der Waals surface area (Å²) in [5.74, 6) is 0.621. The quantitative estimate of drug-likeness (QED) is 0.373. The third-order valence-electron chi connectivity index (χ3n) is 4.48. The lowest BCUT2D eigenvalue weighted by atomic mass is 10.1. The minimum Gasteiger partial charge on any atom is -0.494 e. The van der Waals surface area contributed by atoms with E-state index in [1.165, 1.54) is 0 Å². The van der Waals surface area contributed by atoms with Crippen LogP contribution in [0.15, 0.2) is 66.7 Å². The number of anilines is 1. The van der Waals surface area contributed by atoms with Gasteiger partial charge in [-0.2, -0.15) is 0 Å². The molecule has 1 aromatic heterocycles. The summed E-state index contributed by atoms with van der Waals surface area (Å²) in [7, 11) is 0. The molecule has 4 aromatic rings. The maximum Gasteiger partial charge on any atom is 0.255 e. The molecule has 0 radical (unpaired) electrons. The van der Waals surface area contributed by atoms with E-state index in [4.69, 9.17) is 4.74 Å². The summed E-state index contributed by atoms with van der Waals surface area (Å²) in [6.45, 7) is 2.83. The standard InChI is InChI=1S/C23H21N3O2/c1-2-3-14-28-18-11-9-17(10-12-18)24-23(27)16-8-13-21-22(15-16)26-20-7-5-4-6-19(20)25-21/h4-13,15H,2-3,14H2,1H3,(H,24,27). The molecule has 1 N–H and O–H groups in total. The molecule has 0 saturated carbocycles. The van der Waals surface area contributed by atoms with Gasteiger partial charge in [-0.25, -0.2) is 9.97 Å². The molecule has 1 heterocycles. The molecular weight excluding hydrogens is 350 g/mol. The van der Waals surface area contributed by atoms with E-state index < -0.39 is 0 Å². The molecule has 4 rings (SSSR count). The van der Waals surface area contributed by atoms with Gasteiger partial charge in [-0.1, -0.05) is 25.5 Å². The van der Waals surface area contributed by atoms with Crippen molar-refractivity contribution < 1.29 is 9.53 Å². The number of nitrogens with one attached hydrogen (secondary N) is 1. The van der Waals surface area contributed by atoms with Crippen molar-refractivity contribution in [3.8, 4) is 5.75 Å². The highest BCUT2D eigenvalue weighted by molar-refractivity contribution is 6.06. The number of amides is 1. The predicted octanol–water partition coefficient (Wildman–Crippen LogP) is 5.21. The first-order valence-electron chi connectivity index (χ1n) is 9.44. The van der Waals surface area contributed by atoms with E-state index in [9.17, 15) is 4.79 Å². The monoisotopic (exact) mass is 371 g/mol. The van der Waals surface area contributed by atoms with Crippen LogP contribution in [0, 0.1) is 0 Å². The van der Waals surface area contributed by atoms with Crippen LogP contribution < -0.4 is 10.1 Å². The van der Waals surface area contributed by atoms with Crippen molar-refractivity contribution in [3.63, 3.8) is 0 Å². The Morgan fingerprint density at radius 2 is 1.57 bits per heavy atom. The van der Waals surface area contributed by atoms with Crippen LogP contribution in [0.3, 0.4) is 0 Å². The van der Waals surface area contributed by atoms with Crippen molar-refractivity contribution in [2.24, 2.45) is 0 Å². The van der Waals surface area contributed by atoms with Crippen LogP contribution in [0.5, 0.6) is 5.75 Å². The Morgan fingerprint density at radius 1 is 0.893 bits per heavy atom. The largest absolute Gasteiger partial charge is 0.494 e. The fourth-order valence-electron chi connectivity index (χ4n) is 2.93. The van der Waals surface area contributed by atoms with Crippen molar-refractivity contribution in [2.75, 3.05) is 11.9 Å². The lowest BCUT2D eigenvalue weighted by molar-refractivity contribution is 0.102. The Morgan fingerprint density at radius 3 is 2.29 bits per heavy atom. The molecule has 0 aliphatic rings.